The normalized spacial score (nSPS) is 10.3. The summed E-state index contributed by atoms with van der Waals surface area (Å²) in [5, 5.41) is 12.6. The lowest BCUT2D eigenvalue weighted by Gasteiger charge is -2.10. The Morgan fingerprint density at radius 1 is 1.56 bits per heavy atom. The van der Waals surface area contributed by atoms with Crippen molar-refractivity contribution in [3.8, 4) is 11.5 Å². The highest BCUT2D eigenvalue weighted by molar-refractivity contribution is 7.80. The third-order valence-electron chi connectivity index (χ3n) is 1.92. The van der Waals surface area contributed by atoms with Crippen LogP contribution in [0.3, 0.4) is 0 Å². The molecule has 0 heterocycles. The summed E-state index contributed by atoms with van der Waals surface area (Å²) in [5.74, 6) is 1.12. The number of hydrazone groups is 1. The standard InChI is InChI=1S/C11H15N3O3S/c1-16-10-6-8(7-13-14-11(12)18)2-3-9(10)17-5-4-15/h2-3,6-7,15H,4-5H2,1H3,(H3,12,14,18)/b13-7+. The van der Waals surface area contributed by atoms with Gasteiger partial charge in [0.15, 0.2) is 16.6 Å². The molecule has 4 N–H and O–H groups in total. The largest absolute Gasteiger partial charge is 0.493 e. The number of hydrogen-bond acceptors (Lipinski definition) is 5. The number of rotatable bonds is 6. The molecule has 0 aliphatic heterocycles. The summed E-state index contributed by atoms with van der Waals surface area (Å²) in [6, 6.07) is 5.27. The molecule has 0 atom stereocenters. The molecule has 1 rings (SSSR count). The smallest absolute Gasteiger partial charge is 0.184 e. The zero-order chi connectivity index (χ0) is 13.4. The van der Waals surface area contributed by atoms with Crippen molar-refractivity contribution >= 4 is 23.5 Å². The fraction of sp³-hybridized carbons (Fsp3) is 0.273. The van der Waals surface area contributed by atoms with Gasteiger partial charge in [-0.15, -0.1) is 0 Å². The first-order chi connectivity index (χ1) is 8.67. The van der Waals surface area contributed by atoms with Crippen LogP contribution in [0.4, 0.5) is 0 Å². The highest BCUT2D eigenvalue weighted by atomic mass is 32.1. The monoisotopic (exact) mass is 269 g/mol. The lowest BCUT2D eigenvalue weighted by Crippen LogP contribution is -2.23. The number of aliphatic hydroxyl groups is 1. The van der Waals surface area contributed by atoms with Gasteiger partial charge in [-0.25, -0.2) is 0 Å². The molecule has 1 aromatic carbocycles. The number of methoxy groups -OCH3 is 1. The Morgan fingerprint density at radius 3 is 2.94 bits per heavy atom. The SMILES string of the molecule is COc1cc(/C=N/NC(N)=S)ccc1OCCO. The number of hydrogen-bond donors (Lipinski definition) is 3. The Labute approximate surface area is 110 Å². The van der Waals surface area contributed by atoms with Gasteiger partial charge in [-0.05, 0) is 36.0 Å². The van der Waals surface area contributed by atoms with Crippen molar-refractivity contribution in [2.45, 2.75) is 0 Å². The second-order valence-corrected chi connectivity index (χ2v) is 3.66. The first-order valence-corrected chi connectivity index (χ1v) is 5.58. The van der Waals surface area contributed by atoms with E-state index < -0.39 is 0 Å². The fourth-order valence-corrected chi connectivity index (χ4v) is 1.26. The van der Waals surface area contributed by atoms with Crippen LogP contribution in [-0.4, -0.2) is 36.8 Å². The van der Waals surface area contributed by atoms with Crippen LogP contribution in [0.5, 0.6) is 11.5 Å². The van der Waals surface area contributed by atoms with Gasteiger partial charge < -0.3 is 20.3 Å². The Morgan fingerprint density at radius 2 is 2.33 bits per heavy atom. The van der Waals surface area contributed by atoms with E-state index in [0.717, 1.165) is 5.56 Å². The molecule has 0 spiro atoms. The molecule has 0 aromatic heterocycles. The molecule has 18 heavy (non-hydrogen) atoms. The molecule has 0 unspecified atom stereocenters. The maximum atomic E-state index is 8.69. The number of nitrogens with one attached hydrogen (secondary N) is 1. The molecule has 6 nitrogen and oxygen atoms in total. The second kappa shape index (κ2) is 7.46. The van der Waals surface area contributed by atoms with Gasteiger partial charge in [0.1, 0.15) is 6.61 Å². The zero-order valence-electron chi connectivity index (χ0n) is 9.92. The molecule has 0 saturated heterocycles. The summed E-state index contributed by atoms with van der Waals surface area (Å²) >= 11 is 4.61. The topological polar surface area (TPSA) is 89.1 Å². The molecule has 7 heteroatoms. The maximum absolute atomic E-state index is 8.69. The van der Waals surface area contributed by atoms with Crippen molar-refractivity contribution < 1.29 is 14.6 Å². The lowest BCUT2D eigenvalue weighted by atomic mass is 10.2. The van der Waals surface area contributed by atoms with Crippen LogP contribution >= 0.6 is 12.2 Å². The van der Waals surface area contributed by atoms with E-state index in [9.17, 15) is 0 Å². The van der Waals surface area contributed by atoms with E-state index in [1.165, 1.54) is 7.11 Å². The third-order valence-corrected chi connectivity index (χ3v) is 2.02. The summed E-state index contributed by atoms with van der Waals surface area (Å²) in [5.41, 5.74) is 8.48. The Hall–Kier alpha value is -1.86. The van der Waals surface area contributed by atoms with E-state index in [1.54, 1.807) is 24.4 Å². The lowest BCUT2D eigenvalue weighted by molar-refractivity contribution is 0.196. The first kappa shape index (κ1) is 14.2. The van der Waals surface area contributed by atoms with Crippen molar-refractivity contribution in [3.05, 3.63) is 23.8 Å². The van der Waals surface area contributed by atoms with Crippen molar-refractivity contribution in [2.24, 2.45) is 10.8 Å². The van der Waals surface area contributed by atoms with Crippen LogP contribution < -0.4 is 20.6 Å². The molecular weight excluding hydrogens is 254 g/mol. The number of aliphatic hydroxyl groups excluding tert-OH is 1. The molecule has 1 aromatic rings. The van der Waals surface area contributed by atoms with Crippen LogP contribution in [0.1, 0.15) is 5.56 Å². The highest BCUT2D eigenvalue weighted by Gasteiger charge is 2.04. The van der Waals surface area contributed by atoms with Crippen molar-refractivity contribution in [1.82, 2.24) is 5.43 Å². The number of thiocarbonyl (C=S) groups is 1. The van der Waals surface area contributed by atoms with Gasteiger partial charge in [0.25, 0.3) is 0 Å². The van der Waals surface area contributed by atoms with Crippen LogP contribution in [0.2, 0.25) is 0 Å². The molecule has 0 radical (unpaired) electrons. The van der Waals surface area contributed by atoms with Gasteiger partial charge in [0.2, 0.25) is 0 Å². The highest BCUT2D eigenvalue weighted by Crippen LogP contribution is 2.27. The van der Waals surface area contributed by atoms with Gasteiger partial charge in [-0.3, -0.25) is 5.43 Å². The van der Waals surface area contributed by atoms with E-state index in [0.29, 0.717) is 11.5 Å². The van der Waals surface area contributed by atoms with Crippen molar-refractivity contribution in [2.75, 3.05) is 20.3 Å². The maximum Gasteiger partial charge on any atom is 0.184 e. The van der Waals surface area contributed by atoms with Gasteiger partial charge in [0.05, 0.1) is 19.9 Å². The minimum atomic E-state index is -0.0514. The predicted octanol–water partition coefficient (Wildman–Crippen LogP) is 0.233. The third kappa shape index (κ3) is 4.56. The number of ether oxygens (including phenoxy) is 2. The van der Waals surface area contributed by atoms with E-state index in [1.807, 2.05) is 0 Å². The molecule has 0 aliphatic carbocycles. The Bertz CT molecular complexity index is 438. The quantitative estimate of drug-likeness (QED) is 0.389. The summed E-state index contributed by atoms with van der Waals surface area (Å²) < 4.78 is 10.5. The summed E-state index contributed by atoms with van der Waals surface area (Å²) in [6.45, 7) is 0.164. The van der Waals surface area contributed by atoms with Crippen LogP contribution in [0.25, 0.3) is 0 Å². The van der Waals surface area contributed by atoms with Gasteiger partial charge in [-0.2, -0.15) is 5.10 Å². The molecule has 0 saturated carbocycles. The van der Waals surface area contributed by atoms with Crippen LogP contribution in [0, 0.1) is 0 Å². The Balaban J connectivity index is 2.77. The molecule has 0 bridgehead atoms. The number of nitrogens with two attached hydrogens (primary N) is 1. The average Bonchev–Trinajstić information content (AvgIpc) is 2.36. The average molecular weight is 269 g/mol. The minimum absolute atomic E-state index is 0.0514. The van der Waals surface area contributed by atoms with E-state index in [-0.39, 0.29) is 18.3 Å². The van der Waals surface area contributed by atoms with Crippen molar-refractivity contribution in [1.29, 1.82) is 0 Å². The van der Waals surface area contributed by atoms with E-state index >= 15 is 0 Å². The molecule has 0 fully saturated rings. The first-order valence-electron chi connectivity index (χ1n) is 5.17. The molecular formula is C11H15N3O3S. The van der Waals surface area contributed by atoms with Gasteiger partial charge in [-0.1, -0.05) is 0 Å². The van der Waals surface area contributed by atoms with Crippen molar-refractivity contribution in [3.63, 3.8) is 0 Å². The number of benzene rings is 1. The van der Waals surface area contributed by atoms with E-state index in [2.05, 4.69) is 22.7 Å². The number of nitrogens with zero attached hydrogens (tertiary/aromatic N) is 1. The van der Waals surface area contributed by atoms with Gasteiger partial charge in [0, 0.05) is 0 Å². The van der Waals surface area contributed by atoms with Crippen LogP contribution in [-0.2, 0) is 0 Å². The minimum Gasteiger partial charge on any atom is -0.493 e. The Kier molecular flexibility index (Phi) is 5.89. The molecule has 98 valence electrons. The fourth-order valence-electron chi connectivity index (χ4n) is 1.21. The summed E-state index contributed by atoms with van der Waals surface area (Å²) in [7, 11) is 1.54. The molecule has 0 aliphatic rings. The summed E-state index contributed by atoms with van der Waals surface area (Å²) in [4.78, 5) is 0. The predicted molar refractivity (Wildman–Crippen MR) is 73.1 cm³/mol. The summed E-state index contributed by atoms with van der Waals surface area (Å²) in [6.07, 6.45) is 1.55. The van der Waals surface area contributed by atoms with Gasteiger partial charge >= 0.3 is 0 Å². The van der Waals surface area contributed by atoms with E-state index in [4.69, 9.17) is 20.3 Å². The zero-order valence-corrected chi connectivity index (χ0v) is 10.7. The van der Waals surface area contributed by atoms with Crippen LogP contribution in [0.15, 0.2) is 23.3 Å². The molecule has 0 amide bonds. The second-order valence-electron chi connectivity index (χ2n) is 3.22.